The van der Waals surface area contributed by atoms with Gasteiger partial charge in [0.1, 0.15) is 11.8 Å². The van der Waals surface area contributed by atoms with Gasteiger partial charge in [0, 0.05) is 18.1 Å². The van der Waals surface area contributed by atoms with Crippen LogP contribution in [0.2, 0.25) is 0 Å². The normalized spacial score (nSPS) is 11.5. The first-order valence-electron chi connectivity index (χ1n) is 8.35. The minimum absolute atomic E-state index is 0.124. The maximum atomic E-state index is 12.7. The predicted molar refractivity (Wildman–Crippen MR) is 105 cm³/mol. The number of hydrogen-bond acceptors (Lipinski definition) is 3. The van der Waals surface area contributed by atoms with Gasteiger partial charge in [-0.2, -0.15) is 0 Å². The molecule has 2 amide bonds. The number of likely N-dealkylation sites (N-methyl/N-ethyl adjacent to an activating group) is 1. The Morgan fingerprint density at radius 2 is 1.73 bits per heavy atom. The van der Waals surface area contributed by atoms with E-state index >= 15 is 0 Å². The summed E-state index contributed by atoms with van der Waals surface area (Å²) in [5, 5.41) is 2.59. The minimum Gasteiger partial charge on any atom is -0.484 e. The van der Waals surface area contributed by atoms with Crippen molar-refractivity contribution in [3.63, 3.8) is 0 Å². The number of halogens is 1. The van der Waals surface area contributed by atoms with Crippen LogP contribution in [0.25, 0.3) is 0 Å². The van der Waals surface area contributed by atoms with Crippen LogP contribution in [0.3, 0.4) is 0 Å². The van der Waals surface area contributed by atoms with Crippen LogP contribution in [-0.2, 0) is 16.1 Å². The molecule has 0 unspecified atom stereocenters. The Kier molecular flexibility index (Phi) is 7.21. The van der Waals surface area contributed by atoms with E-state index in [1.807, 2.05) is 55.5 Å². The van der Waals surface area contributed by atoms with Gasteiger partial charge >= 0.3 is 0 Å². The topological polar surface area (TPSA) is 58.6 Å². The molecule has 0 bridgehead atoms. The number of amides is 2. The van der Waals surface area contributed by atoms with Gasteiger partial charge in [-0.25, -0.2) is 0 Å². The van der Waals surface area contributed by atoms with E-state index in [1.54, 1.807) is 14.0 Å². The molecule has 26 heavy (non-hydrogen) atoms. The Morgan fingerprint density at radius 1 is 1.12 bits per heavy atom. The van der Waals surface area contributed by atoms with E-state index in [1.165, 1.54) is 4.90 Å². The average Bonchev–Trinajstić information content (AvgIpc) is 2.65. The molecular weight excluding hydrogens is 396 g/mol. The Bertz CT molecular complexity index is 745. The van der Waals surface area contributed by atoms with Gasteiger partial charge in [-0.1, -0.05) is 45.8 Å². The molecule has 0 radical (unpaired) electrons. The summed E-state index contributed by atoms with van der Waals surface area (Å²) >= 11 is 3.40. The van der Waals surface area contributed by atoms with Gasteiger partial charge in [-0.05, 0) is 43.7 Å². The standard InChI is InChI=1S/C20H23BrN2O3/c1-14-4-10-18(11-5-14)26-13-19(24)23(15(2)20(25)22-3)12-16-6-8-17(21)9-7-16/h4-11,15H,12-13H2,1-3H3,(H,22,25)/t15-/m0/s1. The largest absolute Gasteiger partial charge is 0.484 e. The fourth-order valence-corrected chi connectivity index (χ4v) is 2.70. The molecule has 1 atom stereocenters. The van der Waals surface area contributed by atoms with Crippen molar-refractivity contribution in [2.24, 2.45) is 0 Å². The van der Waals surface area contributed by atoms with E-state index < -0.39 is 6.04 Å². The minimum atomic E-state index is -0.599. The smallest absolute Gasteiger partial charge is 0.261 e. The molecule has 0 heterocycles. The first-order valence-corrected chi connectivity index (χ1v) is 9.15. The quantitative estimate of drug-likeness (QED) is 0.750. The number of carbonyl (C=O) groups excluding carboxylic acids is 2. The summed E-state index contributed by atoms with van der Waals surface area (Å²) in [6.07, 6.45) is 0. The monoisotopic (exact) mass is 418 g/mol. The van der Waals surface area contributed by atoms with E-state index in [0.29, 0.717) is 12.3 Å². The van der Waals surface area contributed by atoms with E-state index in [2.05, 4.69) is 21.2 Å². The highest BCUT2D eigenvalue weighted by atomic mass is 79.9. The molecule has 0 aliphatic heterocycles. The zero-order valence-electron chi connectivity index (χ0n) is 15.2. The van der Waals surface area contributed by atoms with Crippen LogP contribution < -0.4 is 10.1 Å². The maximum Gasteiger partial charge on any atom is 0.261 e. The molecule has 0 saturated carbocycles. The average molecular weight is 419 g/mol. The summed E-state index contributed by atoms with van der Waals surface area (Å²) in [6.45, 7) is 3.90. The first-order chi connectivity index (χ1) is 12.4. The molecule has 2 aromatic rings. The van der Waals surface area contributed by atoms with Crippen molar-refractivity contribution in [1.82, 2.24) is 10.2 Å². The second kappa shape index (κ2) is 9.38. The van der Waals surface area contributed by atoms with Crippen LogP contribution in [0.1, 0.15) is 18.1 Å². The zero-order valence-corrected chi connectivity index (χ0v) is 16.7. The van der Waals surface area contributed by atoms with Crippen LogP contribution in [-0.4, -0.2) is 36.4 Å². The van der Waals surface area contributed by atoms with Gasteiger partial charge < -0.3 is 15.0 Å². The fourth-order valence-electron chi connectivity index (χ4n) is 2.44. The van der Waals surface area contributed by atoms with Gasteiger partial charge in [0.2, 0.25) is 5.91 Å². The Hall–Kier alpha value is -2.34. The van der Waals surface area contributed by atoms with Crippen LogP contribution >= 0.6 is 15.9 Å². The predicted octanol–water partition coefficient (Wildman–Crippen LogP) is 3.30. The number of rotatable bonds is 7. The second-order valence-electron chi connectivity index (χ2n) is 6.04. The lowest BCUT2D eigenvalue weighted by molar-refractivity contribution is -0.142. The molecule has 0 spiro atoms. The van der Waals surface area contributed by atoms with E-state index in [4.69, 9.17) is 4.74 Å². The molecule has 1 N–H and O–H groups in total. The maximum absolute atomic E-state index is 12.7. The van der Waals surface area contributed by atoms with Crippen molar-refractivity contribution >= 4 is 27.7 Å². The Balaban J connectivity index is 2.10. The summed E-state index contributed by atoms with van der Waals surface area (Å²) in [5.74, 6) is 0.163. The lowest BCUT2D eigenvalue weighted by atomic mass is 10.1. The van der Waals surface area contributed by atoms with Crippen molar-refractivity contribution in [2.75, 3.05) is 13.7 Å². The van der Waals surface area contributed by atoms with Crippen molar-refractivity contribution in [1.29, 1.82) is 0 Å². The van der Waals surface area contributed by atoms with Crippen LogP contribution in [0.4, 0.5) is 0 Å². The molecule has 0 aliphatic rings. The van der Waals surface area contributed by atoms with Gasteiger partial charge in [0.15, 0.2) is 6.61 Å². The molecule has 0 aromatic heterocycles. The molecule has 2 rings (SSSR count). The van der Waals surface area contributed by atoms with Crippen molar-refractivity contribution in [3.05, 3.63) is 64.1 Å². The summed E-state index contributed by atoms with van der Waals surface area (Å²) in [7, 11) is 1.56. The number of benzene rings is 2. The fraction of sp³-hybridized carbons (Fsp3) is 0.300. The van der Waals surface area contributed by atoms with Gasteiger partial charge in [-0.3, -0.25) is 9.59 Å². The van der Waals surface area contributed by atoms with Crippen molar-refractivity contribution < 1.29 is 14.3 Å². The highest BCUT2D eigenvalue weighted by Crippen LogP contribution is 2.15. The highest BCUT2D eigenvalue weighted by Gasteiger charge is 2.25. The highest BCUT2D eigenvalue weighted by molar-refractivity contribution is 9.10. The lowest BCUT2D eigenvalue weighted by Gasteiger charge is -2.28. The number of ether oxygens (including phenoxy) is 1. The Morgan fingerprint density at radius 3 is 2.31 bits per heavy atom. The number of nitrogens with zero attached hydrogens (tertiary/aromatic N) is 1. The molecule has 0 aliphatic carbocycles. The first kappa shape index (κ1) is 20.0. The number of carbonyl (C=O) groups is 2. The van der Waals surface area contributed by atoms with E-state index in [9.17, 15) is 9.59 Å². The Labute approximate surface area is 162 Å². The van der Waals surface area contributed by atoms with Crippen LogP contribution in [0.5, 0.6) is 5.75 Å². The van der Waals surface area contributed by atoms with Crippen molar-refractivity contribution in [2.45, 2.75) is 26.4 Å². The van der Waals surface area contributed by atoms with Crippen LogP contribution in [0, 0.1) is 6.92 Å². The molecule has 2 aromatic carbocycles. The number of aryl methyl sites for hydroxylation is 1. The third kappa shape index (κ3) is 5.59. The second-order valence-corrected chi connectivity index (χ2v) is 6.96. The summed E-state index contributed by atoms with van der Waals surface area (Å²) in [4.78, 5) is 26.3. The third-order valence-corrected chi connectivity index (χ3v) is 4.59. The van der Waals surface area contributed by atoms with E-state index in [-0.39, 0.29) is 18.4 Å². The SMILES string of the molecule is CNC(=O)[C@H](C)N(Cc1ccc(Br)cc1)C(=O)COc1ccc(C)cc1. The summed E-state index contributed by atoms with van der Waals surface area (Å²) < 4.78 is 6.55. The van der Waals surface area contributed by atoms with E-state index in [0.717, 1.165) is 15.6 Å². The number of hydrogen-bond donors (Lipinski definition) is 1. The zero-order chi connectivity index (χ0) is 19.1. The van der Waals surface area contributed by atoms with Crippen molar-refractivity contribution in [3.8, 4) is 5.75 Å². The molecule has 6 heteroatoms. The molecule has 138 valence electrons. The van der Waals surface area contributed by atoms with Gasteiger partial charge in [-0.15, -0.1) is 0 Å². The third-order valence-electron chi connectivity index (χ3n) is 4.06. The van der Waals surface area contributed by atoms with Crippen LogP contribution in [0.15, 0.2) is 53.0 Å². The molecule has 5 nitrogen and oxygen atoms in total. The molecular formula is C20H23BrN2O3. The number of nitrogens with one attached hydrogen (secondary N) is 1. The van der Waals surface area contributed by atoms with Gasteiger partial charge in [0.05, 0.1) is 0 Å². The molecule has 0 saturated heterocycles. The summed E-state index contributed by atoms with van der Waals surface area (Å²) in [6, 6.07) is 14.5. The lowest BCUT2D eigenvalue weighted by Crippen LogP contribution is -2.48. The molecule has 0 fully saturated rings. The van der Waals surface area contributed by atoms with Gasteiger partial charge in [0.25, 0.3) is 5.91 Å². The summed E-state index contributed by atoms with van der Waals surface area (Å²) in [5.41, 5.74) is 2.06.